The van der Waals surface area contributed by atoms with Crippen LogP contribution in [0.15, 0.2) is 36.4 Å². The van der Waals surface area contributed by atoms with Crippen molar-refractivity contribution in [3.63, 3.8) is 0 Å². The molecule has 126 valence electrons. The van der Waals surface area contributed by atoms with E-state index in [0.717, 1.165) is 11.1 Å². The first kappa shape index (κ1) is 16.2. The molecule has 24 heavy (non-hydrogen) atoms. The molecule has 0 unspecified atom stereocenters. The van der Waals surface area contributed by atoms with Crippen LogP contribution in [0.5, 0.6) is 17.2 Å². The number of amides is 1. The third kappa shape index (κ3) is 3.79. The van der Waals surface area contributed by atoms with Crippen LogP contribution >= 0.6 is 0 Å². The number of nitrogens with one attached hydrogen (secondary N) is 1. The summed E-state index contributed by atoms with van der Waals surface area (Å²) in [6, 6.07) is 11.2. The first-order valence-corrected chi connectivity index (χ1v) is 7.97. The Bertz CT molecular complexity index is 737. The van der Waals surface area contributed by atoms with Gasteiger partial charge in [-0.05, 0) is 56.2 Å². The third-order valence-electron chi connectivity index (χ3n) is 3.69. The largest absolute Gasteiger partial charge is 0.486 e. The highest BCUT2D eigenvalue weighted by atomic mass is 16.6. The minimum absolute atomic E-state index is 0.217. The molecule has 3 rings (SSSR count). The van der Waals surface area contributed by atoms with Crippen molar-refractivity contribution in [3.05, 3.63) is 47.5 Å². The van der Waals surface area contributed by atoms with Crippen LogP contribution in [0.3, 0.4) is 0 Å². The van der Waals surface area contributed by atoms with E-state index in [9.17, 15) is 4.79 Å². The van der Waals surface area contributed by atoms with Crippen LogP contribution in [-0.4, -0.2) is 25.2 Å². The van der Waals surface area contributed by atoms with Crippen LogP contribution in [-0.2, 0) is 4.79 Å². The molecule has 0 saturated heterocycles. The molecule has 1 atom stereocenters. The van der Waals surface area contributed by atoms with Crippen molar-refractivity contribution in [2.75, 3.05) is 18.5 Å². The Hall–Kier alpha value is -2.69. The molecule has 0 bridgehead atoms. The van der Waals surface area contributed by atoms with E-state index in [1.165, 1.54) is 0 Å². The Morgan fingerprint density at radius 2 is 1.71 bits per heavy atom. The Morgan fingerprint density at radius 1 is 1.04 bits per heavy atom. The van der Waals surface area contributed by atoms with Gasteiger partial charge in [0.1, 0.15) is 19.0 Å². The topological polar surface area (TPSA) is 56.8 Å². The summed E-state index contributed by atoms with van der Waals surface area (Å²) in [5.74, 6) is 1.81. The maximum absolute atomic E-state index is 12.3. The summed E-state index contributed by atoms with van der Waals surface area (Å²) in [5, 5.41) is 2.84. The first-order valence-electron chi connectivity index (χ1n) is 7.97. The number of aryl methyl sites for hydroxylation is 2. The lowest BCUT2D eigenvalue weighted by atomic mass is 10.1. The molecule has 0 fully saturated rings. The molecule has 2 aromatic carbocycles. The van der Waals surface area contributed by atoms with Crippen molar-refractivity contribution in [2.24, 2.45) is 0 Å². The second-order valence-electron chi connectivity index (χ2n) is 5.93. The van der Waals surface area contributed by atoms with Gasteiger partial charge in [0.05, 0.1) is 0 Å². The molecule has 5 heteroatoms. The summed E-state index contributed by atoms with van der Waals surface area (Å²) >= 11 is 0. The van der Waals surface area contributed by atoms with Crippen molar-refractivity contribution in [2.45, 2.75) is 26.9 Å². The van der Waals surface area contributed by atoms with Gasteiger partial charge in [0.15, 0.2) is 17.6 Å². The van der Waals surface area contributed by atoms with E-state index in [1.54, 1.807) is 25.1 Å². The van der Waals surface area contributed by atoms with Crippen molar-refractivity contribution in [1.82, 2.24) is 0 Å². The summed E-state index contributed by atoms with van der Waals surface area (Å²) < 4.78 is 16.7. The van der Waals surface area contributed by atoms with Gasteiger partial charge >= 0.3 is 0 Å². The number of benzene rings is 2. The van der Waals surface area contributed by atoms with E-state index < -0.39 is 6.10 Å². The maximum Gasteiger partial charge on any atom is 0.265 e. The first-order chi connectivity index (χ1) is 11.5. The van der Waals surface area contributed by atoms with E-state index in [2.05, 4.69) is 11.4 Å². The standard InChI is InChI=1S/C19H21NO4/c1-12-8-13(2)10-16(9-12)24-14(3)19(21)20-15-4-5-17-18(11-15)23-7-6-22-17/h4-5,8-11,14H,6-7H2,1-3H3,(H,20,21)/t14-/m0/s1. The highest BCUT2D eigenvalue weighted by molar-refractivity contribution is 5.94. The number of hydrogen-bond donors (Lipinski definition) is 1. The number of carbonyl (C=O) groups excluding carboxylic acids is 1. The molecule has 0 spiro atoms. The lowest BCUT2D eigenvalue weighted by molar-refractivity contribution is -0.122. The van der Waals surface area contributed by atoms with Gasteiger partial charge in [0, 0.05) is 11.8 Å². The smallest absolute Gasteiger partial charge is 0.265 e. The van der Waals surface area contributed by atoms with Crippen molar-refractivity contribution < 1.29 is 19.0 Å². The highest BCUT2D eigenvalue weighted by Gasteiger charge is 2.17. The minimum Gasteiger partial charge on any atom is -0.486 e. The van der Waals surface area contributed by atoms with Crippen LogP contribution in [0.4, 0.5) is 5.69 Å². The summed E-state index contributed by atoms with van der Waals surface area (Å²) in [4.78, 5) is 12.3. The van der Waals surface area contributed by atoms with Crippen LogP contribution in [0.2, 0.25) is 0 Å². The number of anilines is 1. The zero-order valence-corrected chi connectivity index (χ0v) is 14.1. The molecular formula is C19H21NO4. The minimum atomic E-state index is -0.612. The number of rotatable bonds is 4. The fourth-order valence-electron chi connectivity index (χ4n) is 2.62. The van der Waals surface area contributed by atoms with Crippen LogP contribution in [0.1, 0.15) is 18.1 Å². The van der Waals surface area contributed by atoms with E-state index >= 15 is 0 Å². The molecule has 0 saturated carbocycles. The molecule has 1 N–H and O–H groups in total. The summed E-state index contributed by atoms with van der Waals surface area (Å²) in [5.41, 5.74) is 2.86. The summed E-state index contributed by atoms with van der Waals surface area (Å²) in [6.07, 6.45) is -0.612. The average molecular weight is 327 g/mol. The second kappa shape index (κ2) is 6.83. The second-order valence-corrected chi connectivity index (χ2v) is 5.93. The normalized spacial score (nSPS) is 14.0. The van der Waals surface area contributed by atoms with Gasteiger partial charge in [-0.1, -0.05) is 6.07 Å². The van der Waals surface area contributed by atoms with Crippen molar-refractivity contribution >= 4 is 11.6 Å². The lowest BCUT2D eigenvalue weighted by Gasteiger charge is -2.20. The fraction of sp³-hybridized carbons (Fsp3) is 0.316. The van der Waals surface area contributed by atoms with Crippen LogP contribution < -0.4 is 19.5 Å². The van der Waals surface area contributed by atoms with Gasteiger partial charge < -0.3 is 19.5 Å². The number of fused-ring (bicyclic) bond motifs is 1. The quantitative estimate of drug-likeness (QED) is 0.934. The monoisotopic (exact) mass is 327 g/mol. The molecule has 0 aliphatic carbocycles. The molecule has 0 radical (unpaired) electrons. The van der Waals surface area contributed by atoms with E-state index in [4.69, 9.17) is 14.2 Å². The zero-order chi connectivity index (χ0) is 17.1. The molecule has 1 aliphatic heterocycles. The Balaban J connectivity index is 1.65. The van der Waals surface area contributed by atoms with Crippen LogP contribution in [0, 0.1) is 13.8 Å². The van der Waals surface area contributed by atoms with E-state index in [1.807, 2.05) is 26.0 Å². The van der Waals surface area contributed by atoms with Gasteiger partial charge in [-0.2, -0.15) is 0 Å². The van der Waals surface area contributed by atoms with Crippen LogP contribution in [0.25, 0.3) is 0 Å². The Morgan fingerprint density at radius 3 is 2.42 bits per heavy atom. The van der Waals surface area contributed by atoms with Gasteiger partial charge in [-0.15, -0.1) is 0 Å². The SMILES string of the molecule is Cc1cc(C)cc(O[C@@H](C)C(=O)Nc2ccc3c(c2)OCCO3)c1. The molecule has 1 amide bonds. The molecule has 0 aromatic heterocycles. The Labute approximate surface area is 141 Å². The van der Waals surface area contributed by atoms with Gasteiger partial charge in [-0.3, -0.25) is 4.79 Å². The lowest BCUT2D eigenvalue weighted by Crippen LogP contribution is -2.30. The summed E-state index contributed by atoms with van der Waals surface area (Å²) in [7, 11) is 0. The Kier molecular flexibility index (Phi) is 4.60. The molecule has 1 aliphatic rings. The third-order valence-corrected chi connectivity index (χ3v) is 3.69. The molecular weight excluding hydrogens is 306 g/mol. The van der Waals surface area contributed by atoms with Gasteiger partial charge in [0.25, 0.3) is 5.91 Å². The van der Waals surface area contributed by atoms with E-state index in [0.29, 0.717) is 36.1 Å². The molecule has 5 nitrogen and oxygen atoms in total. The van der Waals surface area contributed by atoms with Crippen molar-refractivity contribution in [1.29, 1.82) is 0 Å². The van der Waals surface area contributed by atoms with Gasteiger partial charge in [-0.25, -0.2) is 0 Å². The predicted molar refractivity (Wildman–Crippen MR) is 92.1 cm³/mol. The summed E-state index contributed by atoms with van der Waals surface area (Å²) in [6.45, 7) is 6.78. The predicted octanol–water partition coefficient (Wildman–Crippen LogP) is 3.48. The number of carbonyl (C=O) groups is 1. The zero-order valence-electron chi connectivity index (χ0n) is 14.1. The molecule has 1 heterocycles. The number of hydrogen-bond acceptors (Lipinski definition) is 4. The van der Waals surface area contributed by atoms with E-state index in [-0.39, 0.29) is 5.91 Å². The highest BCUT2D eigenvalue weighted by Crippen LogP contribution is 2.32. The van der Waals surface area contributed by atoms with Gasteiger partial charge in [0.2, 0.25) is 0 Å². The fourth-order valence-corrected chi connectivity index (χ4v) is 2.62. The van der Waals surface area contributed by atoms with Crippen molar-refractivity contribution in [3.8, 4) is 17.2 Å². The number of ether oxygens (including phenoxy) is 3. The maximum atomic E-state index is 12.3. The molecule has 2 aromatic rings. The average Bonchev–Trinajstić information content (AvgIpc) is 2.53.